The van der Waals surface area contributed by atoms with Crippen molar-refractivity contribution in [1.82, 2.24) is 0 Å². The summed E-state index contributed by atoms with van der Waals surface area (Å²) < 4.78 is 20.1. The third-order valence-electron chi connectivity index (χ3n) is 4.67. The fourth-order valence-corrected chi connectivity index (χ4v) is 23.5. The minimum Gasteiger partial charge on any atom is -0.436 e. The van der Waals surface area contributed by atoms with Crippen LogP contribution in [0.2, 0.25) is 64.0 Å². The van der Waals surface area contributed by atoms with Crippen molar-refractivity contribution < 1.29 is 26.7 Å². The topological polar surface area (TPSA) is 116 Å². The molecule has 1 atom stereocenters. The van der Waals surface area contributed by atoms with Crippen LogP contribution in [0, 0.1) is 0 Å². The summed E-state index contributed by atoms with van der Waals surface area (Å²) in [6, 6.07) is 2.44. The van der Waals surface area contributed by atoms with Gasteiger partial charge in [-0.15, -0.1) is 0 Å². The quantitative estimate of drug-likeness (QED) is 0.115. The minimum atomic E-state index is -2.63. The van der Waals surface area contributed by atoms with Crippen molar-refractivity contribution in [3.63, 3.8) is 0 Å². The average molecular weight is 518 g/mol. The standard InChI is InChI=1S/C19H39N3O6Si4/c1-29(2,14-8-11-20-17-23)26-31(5,6)28-32(7,16-10-13-22-19-25)27-30(3,4)15-9-12-21-18-24/h8-16H2,1-7H3. The van der Waals surface area contributed by atoms with Crippen LogP contribution in [0.4, 0.5) is 0 Å². The smallest absolute Gasteiger partial charge is 0.315 e. The van der Waals surface area contributed by atoms with Crippen LogP contribution < -0.4 is 0 Å². The van der Waals surface area contributed by atoms with Gasteiger partial charge in [0.25, 0.3) is 0 Å². The van der Waals surface area contributed by atoms with Crippen LogP contribution in [-0.4, -0.2) is 71.6 Å². The molecule has 182 valence electrons. The molecule has 0 saturated heterocycles. The monoisotopic (exact) mass is 517 g/mol. The van der Waals surface area contributed by atoms with E-state index in [2.05, 4.69) is 60.8 Å². The molecule has 0 aromatic heterocycles. The van der Waals surface area contributed by atoms with Crippen LogP contribution >= 0.6 is 0 Å². The summed E-state index contributed by atoms with van der Waals surface area (Å²) in [5.74, 6) is 0. The first-order chi connectivity index (χ1) is 14.8. The second-order valence-electron chi connectivity index (χ2n) is 9.59. The van der Waals surface area contributed by atoms with E-state index >= 15 is 0 Å². The molecule has 0 aliphatic carbocycles. The zero-order valence-corrected chi connectivity index (χ0v) is 24.7. The highest BCUT2D eigenvalue weighted by atomic mass is 28.5. The van der Waals surface area contributed by atoms with Crippen LogP contribution in [0.1, 0.15) is 19.3 Å². The fraction of sp³-hybridized carbons (Fsp3) is 0.842. The summed E-state index contributed by atoms with van der Waals surface area (Å²) in [5.41, 5.74) is 0. The Balaban J connectivity index is 5.31. The molecule has 9 nitrogen and oxygen atoms in total. The fourth-order valence-electron chi connectivity index (χ4n) is 3.80. The number of rotatable bonds is 18. The summed E-state index contributed by atoms with van der Waals surface area (Å²) in [4.78, 5) is 41.9. The third-order valence-corrected chi connectivity index (χ3v) is 20.9. The van der Waals surface area contributed by atoms with Gasteiger partial charge in [-0.05, 0) is 83.2 Å². The van der Waals surface area contributed by atoms with Crippen LogP contribution in [0.15, 0.2) is 15.0 Å². The first kappa shape index (κ1) is 30.9. The van der Waals surface area contributed by atoms with Crippen molar-refractivity contribution >= 4 is 52.0 Å². The van der Waals surface area contributed by atoms with Gasteiger partial charge >= 0.3 is 17.1 Å². The van der Waals surface area contributed by atoms with Gasteiger partial charge in [0.1, 0.15) is 0 Å². The molecule has 0 rings (SSSR count). The van der Waals surface area contributed by atoms with Crippen molar-refractivity contribution in [2.45, 2.75) is 83.2 Å². The normalized spacial score (nSPS) is 14.0. The lowest BCUT2D eigenvalue weighted by molar-refractivity contribution is 0.319. The maximum Gasteiger partial charge on any atom is 0.315 e. The molecule has 0 bridgehead atoms. The number of hydrogen-bond acceptors (Lipinski definition) is 9. The molecule has 13 heteroatoms. The molecular weight excluding hydrogens is 479 g/mol. The molecule has 0 N–H and O–H groups in total. The van der Waals surface area contributed by atoms with Crippen LogP contribution in [-0.2, 0) is 26.7 Å². The SMILES string of the molecule is C[Si](C)(CCCN=C=O)O[Si](C)(C)O[Si](C)(CCCN=C=O)O[Si](C)(C)CCCN=C=O. The van der Waals surface area contributed by atoms with Gasteiger partial charge in [-0.1, -0.05) is 0 Å². The Bertz CT molecular complexity index is 718. The number of nitrogens with zero attached hydrogens (tertiary/aromatic N) is 3. The van der Waals surface area contributed by atoms with Gasteiger partial charge in [-0.2, -0.15) is 0 Å². The molecule has 0 radical (unpaired) electrons. The summed E-state index contributed by atoms with van der Waals surface area (Å²) in [7, 11) is -9.24. The van der Waals surface area contributed by atoms with E-state index in [1.807, 2.05) is 0 Å². The molecule has 0 saturated carbocycles. The Morgan fingerprint density at radius 2 is 0.938 bits per heavy atom. The lowest BCUT2D eigenvalue weighted by Crippen LogP contribution is -2.57. The highest BCUT2D eigenvalue weighted by Gasteiger charge is 2.45. The van der Waals surface area contributed by atoms with Gasteiger partial charge < -0.3 is 12.3 Å². The van der Waals surface area contributed by atoms with Crippen molar-refractivity contribution in [3.05, 3.63) is 0 Å². The first-order valence-electron chi connectivity index (χ1n) is 11.0. The Kier molecular flexibility index (Phi) is 14.4. The summed E-state index contributed by atoms with van der Waals surface area (Å²) >= 11 is 0. The van der Waals surface area contributed by atoms with E-state index in [9.17, 15) is 14.4 Å². The van der Waals surface area contributed by atoms with Gasteiger partial charge in [0.05, 0.1) is 19.6 Å². The van der Waals surface area contributed by atoms with E-state index in [1.54, 1.807) is 18.2 Å². The molecule has 0 spiro atoms. The van der Waals surface area contributed by atoms with E-state index in [0.29, 0.717) is 32.1 Å². The van der Waals surface area contributed by atoms with E-state index in [0.717, 1.165) is 24.9 Å². The minimum absolute atomic E-state index is 0.398. The van der Waals surface area contributed by atoms with Crippen molar-refractivity contribution in [3.8, 4) is 0 Å². The third kappa shape index (κ3) is 15.7. The van der Waals surface area contributed by atoms with Crippen molar-refractivity contribution in [2.75, 3.05) is 19.6 Å². The second kappa shape index (κ2) is 14.9. The Morgan fingerprint density at radius 3 is 1.34 bits per heavy atom. The van der Waals surface area contributed by atoms with Crippen LogP contribution in [0.25, 0.3) is 0 Å². The van der Waals surface area contributed by atoms with Crippen molar-refractivity contribution in [2.24, 2.45) is 15.0 Å². The molecule has 0 aliphatic rings. The van der Waals surface area contributed by atoms with Crippen LogP contribution in [0.5, 0.6) is 0 Å². The van der Waals surface area contributed by atoms with E-state index in [1.165, 1.54) is 0 Å². The molecular formula is C19H39N3O6Si4. The zero-order chi connectivity index (χ0) is 24.7. The number of hydrogen-bond donors (Lipinski definition) is 0. The molecule has 0 heterocycles. The van der Waals surface area contributed by atoms with Gasteiger partial charge in [-0.25, -0.2) is 29.4 Å². The summed E-state index contributed by atoms with van der Waals surface area (Å²) in [5, 5.41) is 0. The molecule has 32 heavy (non-hydrogen) atoms. The predicted molar refractivity (Wildman–Crippen MR) is 135 cm³/mol. The maximum absolute atomic E-state index is 10.4. The lowest BCUT2D eigenvalue weighted by atomic mass is 10.5. The Morgan fingerprint density at radius 1 is 0.562 bits per heavy atom. The van der Waals surface area contributed by atoms with Crippen LogP contribution in [0.3, 0.4) is 0 Å². The molecule has 0 aromatic rings. The van der Waals surface area contributed by atoms with Gasteiger partial charge in [0.2, 0.25) is 18.2 Å². The summed E-state index contributed by atoms with van der Waals surface area (Å²) in [6.07, 6.45) is 6.98. The van der Waals surface area contributed by atoms with E-state index in [-0.39, 0.29) is 0 Å². The molecule has 0 amide bonds. The second-order valence-corrected chi connectivity index (χ2v) is 25.6. The van der Waals surface area contributed by atoms with Gasteiger partial charge in [-0.3, -0.25) is 0 Å². The Hall–Kier alpha value is -1.11. The maximum atomic E-state index is 10.4. The Labute approximate surface area is 196 Å². The van der Waals surface area contributed by atoms with E-state index < -0.39 is 33.8 Å². The number of aliphatic imine (C=N–C) groups is 3. The van der Waals surface area contributed by atoms with Gasteiger partial charge in [0, 0.05) is 0 Å². The number of isocyanates is 3. The first-order valence-corrected chi connectivity index (χ1v) is 22.6. The zero-order valence-electron chi connectivity index (χ0n) is 20.7. The van der Waals surface area contributed by atoms with Gasteiger partial charge in [0.15, 0.2) is 16.6 Å². The summed E-state index contributed by atoms with van der Waals surface area (Å²) in [6.45, 7) is 16.1. The lowest BCUT2D eigenvalue weighted by Gasteiger charge is -2.42. The molecule has 0 fully saturated rings. The highest BCUT2D eigenvalue weighted by Crippen LogP contribution is 2.30. The predicted octanol–water partition coefficient (Wildman–Crippen LogP) is 4.40. The molecule has 0 aliphatic heterocycles. The molecule has 1 unspecified atom stereocenters. The highest BCUT2D eigenvalue weighted by molar-refractivity contribution is 6.89. The van der Waals surface area contributed by atoms with Crippen molar-refractivity contribution in [1.29, 1.82) is 0 Å². The average Bonchev–Trinajstić information content (AvgIpc) is 2.64. The largest absolute Gasteiger partial charge is 0.436 e. The molecule has 0 aromatic carbocycles. The number of carbonyl (C=O) groups excluding carboxylic acids is 3. The van der Waals surface area contributed by atoms with E-state index in [4.69, 9.17) is 12.3 Å².